The number of nitrogens with zero attached hydrogens (tertiary/aromatic N) is 8. The van der Waals surface area contributed by atoms with Crippen LogP contribution in [0.15, 0.2) is 42.6 Å². The van der Waals surface area contributed by atoms with Crippen LogP contribution in [0.2, 0.25) is 0 Å². The predicted octanol–water partition coefficient (Wildman–Crippen LogP) is 2.21. The lowest BCUT2D eigenvalue weighted by Crippen LogP contribution is -2.47. The first kappa shape index (κ1) is 26.5. The lowest BCUT2D eigenvalue weighted by atomic mass is 9.91. The Morgan fingerprint density at radius 3 is 2.25 bits per heavy atom. The summed E-state index contributed by atoms with van der Waals surface area (Å²) in [5, 5.41) is 0. The van der Waals surface area contributed by atoms with Crippen molar-refractivity contribution in [2.75, 3.05) is 82.0 Å². The number of nitrogens with two attached hydrogens (primary N) is 1. The molecule has 3 aliphatic rings. The van der Waals surface area contributed by atoms with Crippen molar-refractivity contribution in [3.8, 4) is 11.1 Å². The maximum atomic E-state index is 13.2. The van der Waals surface area contributed by atoms with Crippen LogP contribution in [0.5, 0.6) is 0 Å². The molecular weight excluding hydrogens is 502 g/mol. The quantitative estimate of drug-likeness (QED) is 0.533. The maximum absolute atomic E-state index is 13.2. The number of aromatic nitrogens is 3. The Hall–Kier alpha value is -3.76. The number of rotatable bonds is 4. The van der Waals surface area contributed by atoms with Crippen LogP contribution in [-0.4, -0.2) is 108 Å². The van der Waals surface area contributed by atoms with Gasteiger partial charge >= 0.3 is 0 Å². The van der Waals surface area contributed by atoms with Crippen molar-refractivity contribution in [1.29, 1.82) is 0 Å². The molecule has 10 nitrogen and oxygen atoms in total. The van der Waals surface area contributed by atoms with E-state index < -0.39 is 0 Å². The number of nitrogen functional groups attached to an aromatic ring is 1. The van der Waals surface area contributed by atoms with Gasteiger partial charge in [0, 0.05) is 77.2 Å². The topological polar surface area (TPSA) is 98.0 Å². The van der Waals surface area contributed by atoms with Gasteiger partial charge in [-0.3, -0.25) is 9.78 Å². The van der Waals surface area contributed by atoms with Gasteiger partial charge in [-0.1, -0.05) is 12.1 Å². The number of amides is 1. The Balaban J connectivity index is 1.24. The van der Waals surface area contributed by atoms with Gasteiger partial charge in [-0.25, -0.2) is 0 Å². The molecule has 0 saturated carbocycles. The van der Waals surface area contributed by atoms with E-state index in [2.05, 4.69) is 79.8 Å². The molecular formula is C30H39N9O. The van der Waals surface area contributed by atoms with Gasteiger partial charge in [-0.2, -0.15) is 9.97 Å². The number of anilines is 3. The van der Waals surface area contributed by atoms with E-state index >= 15 is 0 Å². The molecule has 1 unspecified atom stereocenters. The van der Waals surface area contributed by atoms with Crippen LogP contribution in [-0.2, 0) is 13.0 Å². The van der Waals surface area contributed by atoms with Crippen LogP contribution in [0, 0.1) is 0 Å². The highest BCUT2D eigenvalue weighted by Gasteiger charge is 2.27. The first-order valence-electron chi connectivity index (χ1n) is 14.2. The number of piperazine rings is 2. The summed E-state index contributed by atoms with van der Waals surface area (Å²) in [7, 11) is 4.24. The number of hydrogen-bond donors (Lipinski definition) is 1. The molecule has 1 amide bonds. The van der Waals surface area contributed by atoms with Gasteiger partial charge in [0.1, 0.15) is 17.3 Å². The van der Waals surface area contributed by atoms with Crippen molar-refractivity contribution < 1.29 is 4.79 Å². The number of hydrogen-bond acceptors (Lipinski definition) is 9. The second-order valence-electron chi connectivity index (χ2n) is 11.4. The molecule has 1 atom stereocenters. The van der Waals surface area contributed by atoms with E-state index in [0.717, 1.165) is 88.1 Å². The lowest BCUT2D eigenvalue weighted by molar-refractivity contribution is 0.0658. The van der Waals surface area contributed by atoms with E-state index in [-0.39, 0.29) is 11.9 Å². The molecule has 2 saturated heterocycles. The number of benzene rings is 1. The van der Waals surface area contributed by atoms with Crippen molar-refractivity contribution in [3.63, 3.8) is 0 Å². The number of carbonyl (C=O) groups is 1. The Kier molecular flexibility index (Phi) is 7.29. The summed E-state index contributed by atoms with van der Waals surface area (Å²) < 4.78 is 0. The smallest absolute Gasteiger partial charge is 0.272 e. The van der Waals surface area contributed by atoms with Crippen molar-refractivity contribution in [3.05, 3.63) is 59.4 Å². The van der Waals surface area contributed by atoms with E-state index in [1.165, 1.54) is 11.1 Å². The van der Waals surface area contributed by atoms with Crippen molar-refractivity contribution in [1.82, 2.24) is 29.7 Å². The molecule has 3 aromatic rings. The van der Waals surface area contributed by atoms with Crippen LogP contribution in [0.25, 0.3) is 11.1 Å². The first-order chi connectivity index (χ1) is 19.3. The fraction of sp³-hybridized carbons (Fsp3) is 0.467. The second-order valence-corrected chi connectivity index (χ2v) is 11.4. The third-order valence-electron chi connectivity index (χ3n) is 8.54. The average Bonchev–Trinajstić information content (AvgIpc) is 2.97. The summed E-state index contributed by atoms with van der Waals surface area (Å²) in [6.07, 6.45) is 2.67. The summed E-state index contributed by atoms with van der Waals surface area (Å²) in [6, 6.07) is 12.9. The molecule has 0 radical (unpaired) electrons. The summed E-state index contributed by atoms with van der Waals surface area (Å²) in [5.41, 5.74) is 11.4. The minimum absolute atomic E-state index is 0.00501. The fourth-order valence-corrected chi connectivity index (χ4v) is 5.91. The van der Waals surface area contributed by atoms with Crippen molar-refractivity contribution in [2.24, 2.45) is 0 Å². The molecule has 3 aliphatic heterocycles. The number of carbonyl (C=O) groups excluding carboxylic acids is 1. The third kappa shape index (κ3) is 5.46. The SMILES string of the molecule is CC1Cc2ccc(-c3ccnc(C(=O)N4CCN(C)CC4)c3)cc2CN1c1cc(N2CCN(C)CC2)nc(N)n1. The molecule has 5 heterocycles. The van der Waals surface area contributed by atoms with Gasteiger partial charge < -0.3 is 30.2 Å². The van der Waals surface area contributed by atoms with E-state index in [0.29, 0.717) is 11.6 Å². The number of fused-ring (bicyclic) bond motifs is 1. The summed E-state index contributed by atoms with van der Waals surface area (Å²) in [6.45, 7) is 10.1. The minimum atomic E-state index is 0.00501. The molecule has 10 heteroatoms. The zero-order valence-electron chi connectivity index (χ0n) is 23.8. The monoisotopic (exact) mass is 541 g/mol. The van der Waals surface area contributed by atoms with Crippen LogP contribution < -0.4 is 15.5 Å². The molecule has 40 heavy (non-hydrogen) atoms. The Bertz CT molecular complexity index is 1380. The molecule has 0 spiro atoms. The average molecular weight is 542 g/mol. The zero-order chi connectivity index (χ0) is 27.8. The van der Waals surface area contributed by atoms with Gasteiger partial charge in [0.2, 0.25) is 5.95 Å². The predicted molar refractivity (Wildman–Crippen MR) is 159 cm³/mol. The van der Waals surface area contributed by atoms with Gasteiger partial charge in [0.15, 0.2) is 0 Å². The van der Waals surface area contributed by atoms with E-state index in [1.54, 1.807) is 6.20 Å². The van der Waals surface area contributed by atoms with Crippen LogP contribution in [0.1, 0.15) is 28.5 Å². The third-order valence-corrected chi connectivity index (χ3v) is 8.54. The van der Waals surface area contributed by atoms with Gasteiger partial charge in [-0.05, 0) is 67.9 Å². The largest absolute Gasteiger partial charge is 0.368 e. The first-order valence-corrected chi connectivity index (χ1v) is 14.2. The molecule has 0 aliphatic carbocycles. The van der Waals surface area contributed by atoms with E-state index in [9.17, 15) is 4.79 Å². The van der Waals surface area contributed by atoms with E-state index in [4.69, 9.17) is 5.73 Å². The Morgan fingerprint density at radius 1 is 0.825 bits per heavy atom. The van der Waals surface area contributed by atoms with Crippen LogP contribution in [0.4, 0.5) is 17.6 Å². The highest BCUT2D eigenvalue weighted by Crippen LogP contribution is 2.32. The molecule has 1 aromatic carbocycles. The second kappa shape index (κ2) is 11.0. The van der Waals surface area contributed by atoms with Gasteiger partial charge in [-0.15, -0.1) is 0 Å². The maximum Gasteiger partial charge on any atom is 0.272 e. The Morgan fingerprint density at radius 2 is 1.50 bits per heavy atom. The van der Waals surface area contributed by atoms with Gasteiger partial charge in [0.25, 0.3) is 5.91 Å². The minimum Gasteiger partial charge on any atom is -0.368 e. The lowest BCUT2D eigenvalue weighted by Gasteiger charge is -2.37. The molecule has 2 N–H and O–H groups in total. The molecule has 210 valence electrons. The molecule has 2 aromatic heterocycles. The van der Waals surface area contributed by atoms with Crippen molar-refractivity contribution >= 4 is 23.5 Å². The highest BCUT2D eigenvalue weighted by atomic mass is 16.2. The standard InChI is InChI=1S/C30H39N9O/c1-21-16-22-4-5-23(24-6-7-32-26(18-24)29(40)38-14-10-36(3)11-15-38)17-25(22)20-39(21)28-19-27(33-30(31)34-28)37-12-8-35(2)9-13-37/h4-7,17-19,21H,8-16,20H2,1-3H3,(H2,31,33,34). The summed E-state index contributed by atoms with van der Waals surface area (Å²) in [5.74, 6) is 2.09. The molecule has 2 fully saturated rings. The fourth-order valence-electron chi connectivity index (χ4n) is 5.91. The highest BCUT2D eigenvalue weighted by molar-refractivity contribution is 5.93. The van der Waals surface area contributed by atoms with Crippen molar-refractivity contribution in [2.45, 2.75) is 25.9 Å². The molecule has 0 bridgehead atoms. The summed E-state index contributed by atoms with van der Waals surface area (Å²) >= 11 is 0. The molecule has 6 rings (SSSR count). The number of likely N-dealkylation sites (N-methyl/N-ethyl adjacent to an activating group) is 2. The van der Waals surface area contributed by atoms with Crippen LogP contribution >= 0.6 is 0 Å². The van der Waals surface area contributed by atoms with Gasteiger partial charge in [0.05, 0.1) is 0 Å². The van der Waals surface area contributed by atoms with Crippen LogP contribution in [0.3, 0.4) is 0 Å². The summed E-state index contributed by atoms with van der Waals surface area (Å²) in [4.78, 5) is 37.9. The normalized spacial score (nSPS) is 20.5. The Labute approximate surface area is 236 Å². The zero-order valence-corrected chi connectivity index (χ0v) is 23.8. The number of pyridine rings is 1. The van der Waals surface area contributed by atoms with E-state index in [1.807, 2.05) is 17.0 Å².